The van der Waals surface area contributed by atoms with Crippen molar-refractivity contribution in [3.8, 4) is 5.75 Å². The zero-order valence-corrected chi connectivity index (χ0v) is 26.1. The summed E-state index contributed by atoms with van der Waals surface area (Å²) >= 11 is 0. The van der Waals surface area contributed by atoms with Gasteiger partial charge in [-0.2, -0.15) is 0 Å². The molecule has 0 aliphatic carbocycles. The molecule has 0 saturated carbocycles. The Morgan fingerprint density at radius 3 is 1.88 bits per heavy atom. The number of aliphatic hydroxyl groups is 1. The van der Waals surface area contributed by atoms with E-state index in [0.29, 0.717) is 25.1 Å². The molecule has 0 radical (unpaired) electrons. The fourth-order valence-electron chi connectivity index (χ4n) is 6.11. The van der Waals surface area contributed by atoms with E-state index in [0.717, 1.165) is 37.7 Å². The summed E-state index contributed by atoms with van der Waals surface area (Å²) in [5, 5.41) is 20.8. The maximum absolute atomic E-state index is 13.0. The molecule has 6 heteroatoms. The Labute approximate surface area is 249 Å². The molecule has 1 unspecified atom stereocenters. The summed E-state index contributed by atoms with van der Waals surface area (Å²) in [4.78, 5) is 27.7. The highest BCUT2D eigenvalue weighted by molar-refractivity contribution is 5.90. The van der Waals surface area contributed by atoms with Crippen LogP contribution >= 0.6 is 0 Å². The van der Waals surface area contributed by atoms with Crippen LogP contribution in [0.3, 0.4) is 0 Å². The van der Waals surface area contributed by atoms with Gasteiger partial charge in [-0.25, -0.2) is 0 Å². The lowest BCUT2D eigenvalue weighted by atomic mass is 9.94. The number of phenolic OH excluding ortho intramolecular Hbond substituents is 1. The van der Waals surface area contributed by atoms with Crippen LogP contribution in [0.25, 0.3) is 0 Å². The van der Waals surface area contributed by atoms with Crippen LogP contribution in [-0.2, 0) is 20.7 Å². The summed E-state index contributed by atoms with van der Waals surface area (Å²) < 4.78 is 5.05. The number of phenols is 1. The number of hydrogen-bond acceptors (Lipinski definition) is 6. The maximum atomic E-state index is 13.0. The van der Waals surface area contributed by atoms with Crippen LogP contribution in [0.15, 0.2) is 36.0 Å². The van der Waals surface area contributed by atoms with Crippen LogP contribution in [-0.4, -0.2) is 52.7 Å². The molecule has 0 amide bonds. The van der Waals surface area contributed by atoms with Crippen molar-refractivity contribution in [2.45, 2.75) is 142 Å². The molecule has 0 bridgehead atoms. The highest BCUT2D eigenvalue weighted by atomic mass is 16.5. The van der Waals surface area contributed by atoms with Crippen molar-refractivity contribution in [3.05, 3.63) is 41.6 Å². The summed E-state index contributed by atoms with van der Waals surface area (Å²) in [6, 6.07) is 6.84. The Balaban J connectivity index is 1.82. The number of aromatic hydroxyl groups is 1. The van der Waals surface area contributed by atoms with Gasteiger partial charge in [0.1, 0.15) is 17.8 Å². The van der Waals surface area contributed by atoms with Gasteiger partial charge >= 0.3 is 5.97 Å². The van der Waals surface area contributed by atoms with Crippen molar-refractivity contribution in [1.29, 1.82) is 0 Å². The Morgan fingerprint density at radius 1 is 0.829 bits per heavy atom. The summed E-state index contributed by atoms with van der Waals surface area (Å²) in [6.07, 6.45) is 21.1. The lowest BCUT2D eigenvalue weighted by Gasteiger charge is -2.29. The smallest absolute Gasteiger partial charge is 0.313 e. The number of hydrogen-bond donors (Lipinski definition) is 2. The van der Waals surface area contributed by atoms with Crippen molar-refractivity contribution < 1.29 is 24.5 Å². The molecule has 1 aromatic rings. The first-order chi connectivity index (χ1) is 19.9. The van der Waals surface area contributed by atoms with Crippen LogP contribution in [0.1, 0.15) is 129 Å². The minimum absolute atomic E-state index is 0.00776. The largest absolute Gasteiger partial charge is 0.508 e. The van der Waals surface area contributed by atoms with Gasteiger partial charge in [0.15, 0.2) is 5.78 Å². The second-order valence-electron chi connectivity index (χ2n) is 11.8. The first kappa shape index (κ1) is 34.9. The molecular weight excluding hydrogens is 514 g/mol. The number of aliphatic hydroxyl groups excluding tert-OH is 1. The molecule has 1 aromatic carbocycles. The fraction of sp³-hybridized carbons (Fsp3) is 0.714. The molecule has 3 atom stereocenters. The average Bonchev–Trinajstić information content (AvgIpc) is 3.22. The standard InChI is InChI=1S/C35H57NO5/c1-4-6-7-8-9-10-11-12-13-14-15-16-17-18-20-30(38)27-32-34(39)33(35(40)41-3)31(19-5-2)36(32)26-25-28-21-23-29(37)24-22-28/h21-24,27,31,33-34,37,39H,4-20,25-26H2,1-3H3/b32-27+/t31-,33?,34-/m0/s1. The molecule has 6 nitrogen and oxygen atoms in total. The van der Waals surface area contributed by atoms with Crippen molar-refractivity contribution in [2.24, 2.45) is 5.92 Å². The molecule has 2 rings (SSSR count). The second-order valence-corrected chi connectivity index (χ2v) is 11.8. The number of allylic oxidation sites excluding steroid dienone is 1. The number of nitrogens with zero attached hydrogens (tertiary/aromatic N) is 1. The van der Waals surface area contributed by atoms with Crippen molar-refractivity contribution in [2.75, 3.05) is 13.7 Å². The van der Waals surface area contributed by atoms with Crippen LogP contribution in [0.2, 0.25) is 0 Å². The van der Waals surface area contributed by atoms with E-state index >= 15 is 0 Å². The number of carbonyl (C=O) groups excluding carboxylic acids is 2. The molecule has 1 heterocycles. The lowest BCUT2D eigenvalue weighted by Crippen LogP contribution is -2.38. The Morgan fingerprint density at radius 2 is 1.37 bits per heavy atom. The van der Waals surface area contributed by atoms with Gasteiger partial charge < -0.3 is 19.8 Å². The van der Waals surface area contributed by atoms with E-state index in [1.807, 2.05) is 17.0 Å². The van der Waals surface area contributed by atoms with Crippen LogP contribution in [0.5, 0.6) is 5.75 Å². The van der Waals surface area contributed by atoms with Gasteiger partial charge in [-0.05, 0) is 37.0 Å². The molecule has 1 aliphatic rings. The highest BCUT2D eigenvalue weighted by Crippen LogP contribution is 2.37. The normalized spacial score (nSPS) is 19.7. The molecule has 1 aliphatic heterocycles. The van der Waals surface area contributed by atoms with E-state index in [2.05, 4.69) is 13.8 Å². The first-order valence-corrected chi connectivity index (χ1v) is 16.5. The number of carbonyl (C=O) groups is 2. The van der Waals surface area contributed by atoms with Crippen molar-refractivity contribution in [3.63, 3.8) is 0 Å². The van der Waals surface area contributed by atoms with Gasteiger partial charge in [0, 0.05) is 30.8 Å². The number of esters is 1. The molecule has 232 valence electrons. The van der Waals surface area contributed by atoms with Gasteiger partial charge in [0.2, 0.25) is 0 Å². The first-order valence-electron chi connectivity index (χ1n) is 16.5. The van der Waals surface area contributed by atoms with E-state index in [-0.39, 0.29) is 17.6 Å². The summed E-state index contributed by atoms with van der Waals surface area (Å²) in [5.41, 5.74) is 1.58. The number of ketones is 1. The number of likely N-dealkylation sites (tertiary alicyclic amines) is 1. The van der Waals surface area contributed by atoms with Crippen LogP contribution in [0, 0.1) is 5.92 Å². The number of unbranched alkanes of at least 4 members (excludes halogenated alkanes) is 13. The molecule has 0 aromatic heterocycles. The van der Waals surface area contributed by atoms with Gasteiger partial charge in [-0.3, -0.25) is 9.59 Å². The monoisotopic (exact) mass is 571 g/mol. The van der Waals surface area contributed by atoms with E-state index < -0.39 is 18.0 Å². The number of benzene rings is 1. The lowest BCUT2D eigenvalue weighted by molar-refractivity contribution is -0.149. The number of rotatable bonds is 22. The third-order valence-corrected chi connectivity index (χ3v) is 8.51. The van der Waals surface area contributed by atoms with Gasteiger partial charge in [-0.15, -0.1) is 0 Å². The average molecular weight is 572 g/mol. The van der Waals surface area contributed by atoms with Crippen molar-refractivity contribution >= 4 is 11.8 Å². The topological polar surface area (TPSA) is 87.1 Å². The van der Waals surface area contributed by atoms with E-state index in [9.17, 15) is 19.8 Å². The van der Waals surface area contributed by atoms with Crippen LogP contribution < -0.4 is 0 Å². The Hall–Kier alpha value is -2.34. The minimum Gasteiger partial charge on any atom is -0.508 e. The molecule has 1 saturated heterocycles. The third kappa shape index (κ3) is 12.6. The summed E-state index contributed by atoms with van der Waals surface area (Å²) in [7, 11) is 1.35. The number of ether oxygens (including phenoxy) is 1. The van der Waals surface area contributed by atoms with E-state index in [1.54, 1.807) is 18.2 Å². The Kier molecular flexibility index (Phi) is 17.4. The van der Waals surface area contributed by atoms with Gasteiger partial charge in [-0.1, -0.05) is 116 Å². The molecular formula is C35H57NO5. The van der Waals surface area contributed by atoms with E-state index in [4.69, 9.17) is 4.74 Å². The molecule has 0 spiro atoms. The highest BCUT2D eigenvalue weighted by Gasteiger charge is 2.48. The maximum Gasteiger partial charge on any atom is 0.313 e. The van der Waals surface area contributed by atoms with Gasteiger partial charge in [0.05, 0.1) is 7.11 Å². The molecule has 2 N–H and O–H groups in total. The van der Waals surface area contributed by atoms with Gasteiger partial charge in [0.25, 0.3) is 0 Å². The molecule has 41 heavy (non-hydrogen) atoms. The van der Waals surface area contributed by atoms with Crippen molar-refractivity contribution in [1.82, 2.24) is 4.90 Å². The summed E-state index contributed by atoms with van der Waals surface area (Å²) in [6.45, 7) is 4.89. The SMILES string of the molecule is CCCCCCCCCCCCCCCCC(=O)/C=C1\[C@H](O)C(C(=O)OC)[C@H](CCC)N1CCc1ccc(O)cc1. The van der Waals surface area contributed by atoms with Crippen LogP contribution in [0.4, 0.5) is 0 Å². The number of methoxy groups -OCH3 is 1. The Bertz CT molecular complexity index is 896. The fourth-order valence-corrected chi connectivity index (χ4v) is 6.11. The second kappa shape index (κ2) is 20.5. The van der Waals surface area contributed by atoms with E-state index in [1.165, 1.54) is 77.7 Å². The predicted octanol–water partition coefficient (Wildman–Crippen LogP) is 7.89. The molecule has 1 fully saturated rings. The zero-order chi connectivity index (χ0) is 29.9. The minimum atomic E-state index is -1.06. The predicted molar refractivity (Wildman–Crippen MR) is 167 cm³/mol. The zero-order valence-electron chi connectivity index (χ0n) is 26.1. The summed E-state index contributed by atoms with van der Waals surface area (Å²) in [5.74, 6) is -0.920. The quantitative estimate of drug-likeness (QED) is 0.0836. The third-order valence-electron chi connectivity index (χ3n) is 8.51.